The summed E-state index contributed by atoms with van der Waals surface area (Å²) in [5.74, 6) is 0. The number of nitrogens with zero attached hydrogens (tertiary/aromatic N) is 3. The topological polar surface area (TPSA) is 42.7 Å². The minimum absolute atomic E-state index is 0.373. The summed E-state index contributed by atoms with van der Waals surface area (Å²) in [5, 5.41) is 4.67. The van der Waals surface area contributed by atoms with Crippen molar-refractivity contribution in [1.29, 1.82) is 0 Å². The van der Waals surface area contributed by atoms with E-state index in [1.807, 2.05) is 30.7 Å². The van der Waals surface area contributed by atoms with Gasteiger partial charge in [-0.3, -0.25) is 4.98 Å². The minimum Gasteiger partial charge on any atom is -0.336 e. The lowest BCUT2D eigenvalue weighted by Gasteiger charge is -2.14. The maximum Gasteiger partial charge on any atom is 0.0946 e. The highest BCUT2D eigenvalue weighted by Crippen LogP contribution is 2.11. The Morgan fingerprint density at radius 2 is 2.10 bits per heavy atom. The molecule has 1 N–H and O–H groups in total. The van der Waals surface area contributed by atoms with Gasteiger partial charge in [-0.2, -0.15) is 0 Å². The highest BCUT2D eigenvalue weighted by molar-refractivity contribution is 5.78. The molecule has 3 aromatic rings. The average Bonchev–Trinajstić information content (AvgIpc) is 2.98. The number of para-hydroxylation sites is 1. The Kier molecular flexibility index (Phi) is 3.74. The van der Waals surface area contributed by atoms with Gasteiger partial charge in [0.25, 0.3) is 0 Å². The largest absolute Gasteiger partial charge is 0.336 e. The maximum atomic E-state index is 4.66. The van der Waals surface area contributed by atoms with Crippen molar-refractivity contribution in [3.63, 3.8) is 0 Å². The fraction of sp³-hybridized carbons (Fsp3) is 0.250. The Morgan fingerprint density at radius 3 is 2.95 bits per heavy atom. The number of benzene rings is 1. The fourth-order valence-electron chi connectivity index (χ4n) is 2.26. The normalized spacial score (nSPS) is 12.7. The third-order valence-electron chi connectivity index (χ3n) is 3.33. The van der Waals surface area contributed by atoms with E-state index in [1.54, 1.807) is 6.20 Å². The lowest BCUT2D eigenvalue weighted by Crippen LogP contribution is -2.29. The predicted octanol–water partition coefficient (Wildman–Crippen LogP) is 2.61. The molecule has 1 unspecified atom stereocenters. The molecule has 0 amide bonds. The van der Waals surface area contributed by atoms with E-state index >= 15 is 0 Å². The van der Waals surface area contributed by atoms with Gasteiger partial charge in [0.15, 0.2) is 0 Å². The Bertz CT molecular complexity index is 676. The molecule has 0 bridgehead atoms. The lowest BCUT2D eigenvalue weighted by molar-refractivity contribution is 0.473. The Balaban J connectivity index is 1.61. The van der Waals surface area contributed by atoms with Gasteiger partial charge in [-0.05, 0) is 19.1 Å². The zero-order chi connectivity index (χ0) is 13.8. The molecule has 4 nitrogen and oxygen atoms in total. The van der Waals surface area contributed by atoms with E-state index in [-0.39, 0.29) is 0 Å². The molecule has 3 rings (SSSR count). The smallest absolute Gasteiger partial charge is 0.0946 e. The third-order valence-corrected chi connectivity index (χ3v) is 3.33. The van der Waals surface area contributed by atoms with Crippen molar-refractivity contribution in [2.24, 2.45) is 0 Å². The van der Waals surface area contributed by atoms with Crippen LogP contribution >= 0.6 is 0 Å². The van der Waals surface area contributed by atoms with Crippen LogP contribution in [0.15, 0.2) is 55.1 Å². The Labute approximate surface area is 118 Å². The summed E-state index contributed by atoms with van der Waals surface area (Å²) in [6.07, 6.45) is 5.62. The van der Waals surface area contributed by atoms with Crippen LogP contribution in [-0.2, 0) is 13.1 Å². The second kappa shape index (κ2) is 5.84. The van der Waals surface area contributed by atoms with Crippen molar-refractivity contribution in [2.45, 2.75) is 26.1 Å². The van der Waals surface area contributed by atoms with Crippen molar-refractivity contribution in [2.75, 3.05) is 0 Å². The number of pyridine rings is 1. The molecule has 0 aliphatic carbocycles. The molecular formula is C16H18N4. The fourth-order valence-corrected chi connectivity index (χ4v) is 2.26. The summed E-state index contributed by atoms with van der Waals surface area (Å²) in [4.78, 5) is 8.71. The highest BCUT2D eigenvalue weighted by atomic mass is 15.1. The molecule has 0 spiro atoms. The number of aromatic nitrogens is 3. The van der Waals surface area contributed by atoms with E-state index < -0.39 is 0 Å². The van der Waals surface area contributed by atoms with Crippen LogP contribution in [0.3, 0.4) is 0 Å². The first kappa shape index (κ1) is 12.8. The molecule has 0 radical (unpaired) electrons. The van der Waals surface area contributed by atoms with Crippen molar-refractivity contribution in [3.8, 4) is 0 Å². The summed E-state index contributed by atoms with van der Waals surface area (Å²) < 4.78 is 2.07. The second-order valence-corrected chi connectivity index (χ2v) is 5.04. The summed E-state index contributed by atoms with van der Waals surface area (Å²) in [6, 6.07) is 12.8. The zero-order valence-electron chi connectivity index (χ0n) is 11.5. The number of rotatable bonds is 5. The van der Waals surface area contributed by atoms with Gasteiger partial charge in [-0.1, -0.05) is 24.3 Å². The van der Waals surface area contributed by atoms with Crippen LogP contribution in [0.1, 0.15) is 12.6 Å². The average molecular weight is 266 g/mol. The van der Waals surface area contributed by atoms with E-state index in [0.717, 1.165) is 24.3 Å². The second-order valence-electron chi connectivity index (χ2n) is 5.04. The van der Waals surface area contributed by atoms with E-state index in [9.17, 15) is 0 Å². The number of imidazole rings is 1. The monoisotopic (exact) mass is 266 g/mol. The molecule has 1 atom stereocenters. The minimum atomic E-state index is 0.373. The predicted molar refractivity (Wildman–Crippen MR) is 80.3 cm³/mol. The van der Waals surface area contributed by atoms with E-state index in [4.69, 9.17) is 0 Å². The zero-order valence-corrected chi connectivity index (χ0v) is 11.5. The number of hydrogen-bond acceptors (Lipinski definition) is 3. The first-order chi connectivity index (χ1) is 9.81. The van der Waals surface area contributed by atoms with Gasteiger partial charge in [0.1, 0.15) is 0 Å². The maximum absolute atomic E-state index is 4.66. The molecule has 102 valence electrons. The molecule has 0 fully saturated rings. The molecule has 2 aromatic heterocycles. The van der Waals surface area contributed by atoms with Gasteiger partial charge in [-0.25, -0.2) is 4.98 Å². The molecular weight excluding hydrogens is 248 g/mol. The quantitative estimate of drug-likeness (QED) is 0.772. The first-order valence-electron chi connectivity index (χ1n) is 6.85. The Hall–Kier alpha value is -2.20. The molecule has 1 aromatic carbocycles. The Morgan fingerprint density at radius 1 is 1.20 bits per heavy atom. The summed E-state index contributed by atoms with van der Waals surface area (Å²) in [6.45, 7) is 3.86. The van der Waals surface area contributed by atoms with Crippen LogP contribution in [0.4, 0.5) is 0 Å². The van der Waals surface area contributed by atoms with Crippen LogP contribution in [0.5, 0.6) is 0 Å². The van der Waals surface area contributed by atoms with Gasteiger partial charge in [0.05, 0.1) is 17.5 Å². The van der Waals surface area contributed by atoms with E-state index in [2.05, 4.69) is 45.0 Å². The van der Waals surface area contributed by atoms with Crippen LogP contribution in [0.2, 0.25) is 0 Å². The van der Waals surface area contributed by atoms with Gasteiger partial charge >= 0.3 is 0 Å². The first-order valence-corrected chi connectivity index (χ1v) is 6.85. The number of fused-ring (bicyclic) bond motifs is 1. The molecule has 0 aliphatic heterocycles. The van der Waals surface area contributed by atoms with Crippen molar-refractivity contribution in [3.05, 3.63) is 60.8 Å². The van der Waals surface area contributed by atoms with Crippen molar-refractivity contribution < 1.29 is 0 Å². The van der Waals surface area contributed by atoms with Gasteiger partial charge in [0, 0.05) is 36.9 Å². The third kappa shape index (κ3) is 3.03. The van der Waals surface area contributed by atoms with Crippen LogP contribution < -0.4 is 5.32 Å². The van der Waals surface area contributed by atoms with Crippen LogP contribution in [0.25, 0.3) is 10.9 Å². The van der Waals surface area contributed by atoms with Crippen molar-refractivity contribution in [1.82, 2.24) is 19.9 Å². The van der Waals surface area contributed by atoms with E-state index in [1.165, 1.54) is 5.39 Å². The molecule has 2 heterocycles. The number of hydrogen-bond donors (Lipinski definition) is 1. The molecule has 4 heteroatoms. The van der Waals surface area contributed by atoms with E-state index in [0.29, 0.717) is 6.04 Å². The molecule has 0 aliphatic rings. The lowest BCUT2D eigenvalue weighted by atomic mass is 10.2. The SMILES string of the molecule is CC(Cn1ccnc1)NCc1ccc2ccccc2n1. The van der Waals surface area contributed by atoms with Gasteiger partial charge < -0.3 is 9.88 Å². The molecule has 20 heavy (non-hydrogen) atoms. The summed E-state index contributed by atoms with van der Waals surface area (Å²) in [7, 11) is 0. The highest BCUT2D eigenvalue weighted by Gasteiger charge is 2.03. The van der Waals surface area contributed by atoms with Crippen molar-refractivity contribution >= 4 is 10.9 Å². The standard InChI is InChI=1S/C16H18N4/c1-13(11-20-9-8-17-12-20)18-10-15-7-6-14-4-2-3-5-16(14)19-15/h2-9,12-13,18H,10-11H2,1H3. The van der Waals surface area contributed by atoms with Crippen LogP contribution in [0, 0.1) is 0 Å². The molecule has 0 saturated heterocycles. The molecule has 0 saturated carbocycles. The van der Waals surface area contributed by atoms with Gasteiger partial charge in [-0.15, -0.1) is 0 Å². The van der Waals surface area contributed by atoms with Crippen LogP contribution in [-0.4, -0.2) is 20.6 Å². The van der Waals surface area contributed by atoms with Gasteiger partial charge in [0.2, 0.25) is 0 Å². The number of nitrogens with one attached hydrogen (secondary N) is 1. The summed E-state index contributed by atoms with van der Waals surface area (Å²) >= 11 is 0. The summed E-state index contributed by atoms with van der Waals surface area (Å²) in [5.41, 5.74) is 2.12.